The third-order valence-electron chi connectivity index (χ3n) is 16.8. The Labute approximate surface area is 438 Å². The van der Waals surface area contributed by atoms with Crippen LogP contribution in [0.15, 0.2) is 94.3 Å². The van der Waals surface area contributed by atoms with Gasteiger partial charge in [0.15, 0.2) is 34.5 Å². The number of aromatic amines is 2. The number of hydrogen-bond acceptors (Lipinski definition) is 16. The smallest absolute Gasteiger partial charge is 0.229 e. The van der Waals surface area contributed by atoms with Crippen molar-refractivity contribution in [2.45, 2.75) is 51.0 Å². The first-order valence-corrected chi connectivity index (χ1v) is 27.2. The number of morpholine rings is 3. The van der Waals surface area contributed by atoms with Gasteiger partial charge in [-0.05, 0) is 98.8 Å². The van der Waals surface area contributed by atoms with Crippen molar-refractivity contribution in [3.63, 3.8) is 0 Å². The van der Waals surface area contributed by atoms with Gasteiger partial charge in [0.25, 0.3) is 0 Å². The zero-order valence-corrected chi connectivity index (χ0v) is 42.8. The van der Waals surface area contributed by atoms with E-state index in [9.17, 15) is 0 Å². The quantitative estimate of drug-likeness (QED) is 0.148. The normalized spacial score (nSPS) is 22.7. The summed E-state index contributed by atoms with van der Waals surface area (Å²) < 4.78 is 30.0. The van der Waals surface area contributed by atoms with Crippen LogP contribution >= 0.6 is 0 Å². The van der Waals surface area contributed by atoms with Crippen molar-refractivity contribution >= 4 is 77.8 Å². The van der Waals surface area contributed by atoms with E-state index in [0.717, 1.165) is 137 Å². The lowest BCUT2D eigenvalue weighted by Gasteiger charge is -2.31. The first kappa shape index (κ1) is 46.3. The van der Waals surface area contributed by atoms with Crippen LogP contribution in [0.5, 0.6) is 0 Å². The molecule has 6 fully saturated rings. The summed E-state index contributed by atoms with van der Waals surface area (Å²) in [6, 6.07) is 21.0. The number of pyridine rings is 2. The number of likely N-dealkylation sites (tertiary alicyclic amines) is 3. The van der Waals surface area contributed by atoms with E-state index < -0.39 is 0 Å². The number of ether oxygens (including phenoxy) is 3. The highest BCUT2D eigenvalue weighted by Gasteiger charge is 2.42. The predicted octanol–water partition coefficient (Wildman–Crippen LogP) is 8.40. The summed E-state index contributed by atoms with van der Waals surface area (Å²) in [5.41, 5.74) is 11.2. The van der Waals surface area contributed by atoms with Gasteiger partial charge in [-0.15, -0.1) is 0 Å². The van der Waals surface area contributed by atoms with Crippen LogP contribution in [0.25, 0.3) is 89.0 Å². The topological polar surface area (TPSA) is 179 Å². The van der Waals surface area contributed by atoms with Crippen molar-refractivity contribution in [1.29, 1.82) is 0 Å². The molecule has 0 aliphatic carbocycles. The first-order valence-electron chi connectivity index (χ1n) is 27.2. The highest BCUT2D eigenvalue weighted by atomic mass is 16.5. The minimum absolute atomic E-state index is 0.368. The van der Waals surface area contributed by atoms with Gasteiger partial charge in [-0.25, -0.2) is 29.9 Å². The molecule has 3 atom stereocenters. The Hall–Kier alpha value is -7.06. The second-order valence-corrected chi connectivity index (χ2v) is 22.0. The molecule has 2 bridgehead atoms. The number of aromatic nitrogens is 8. The number of fused-ring (bicyclic) bond motifs is 10. The Morgan fingerprint density at radius 3 is 1.63 bits per heavy atom. The van der Waals surface area contributed by atoms with E-state index in [2.05, 4.69) is 90.0 Å². The van der Waals surface area contributed by atoms with E-state index in [1.54, 1.807) is 0 Å². The van der Waals surface area contributed by atoms with Gasteiger partial charge in [-0.3, -0.25) is 9.80 Å². The Morgan fingerprint density at radius 2 is 1.11 bits per heavy atom. The lowest BCUT2D eigenvalue weighted by molar-refractivity contribution is -0.0410. The van der Waals surface area contributed by atoms with Crippen LogP contribution in [0.2, 0.25) is 0 Å². The molecule has 18 heteroatoms. The Kier molecular flexibility index (Phi) is 11.5. The number of hydrogen-bond donors (Lipinski definition) is 2. The third kappa shape index (κ3) is 8.42. The van der Waals surface area contributed by atoms with Gasteiger partial charge in [0.05, 0.1) is 49.4 Å². The lowest BCUT2D eigenvalue weighted by atomic mass is 9.86. The van der Waals surface area contributed by atoms with Gasteiger partial charge >= 0.3 is 0 Å². The summed E-state index contributed by atoms with van der Waals surface area (Å²) in [5, 5.41) is 4.10. The highest BCUT2D eigenvalue weighted by Crippen LogP contribution is 2.42. The molecule has 388 valence electrons. The van der Waals surface area contributed by atoms with Crippen molar-refractivity contribution in [2.24, 2.45) is 5.41 Å². The molecule has 1 unspecified atom stereocenters. The Bertz CT molecular complexity index is 3790. The molecule has 18 nitrogen and oxygen atoms in total. The highest BCUT2D eigenvalue weighted by molar-refractivity contribution is 6.07. The largest absolute Gasteiger partial charge is 0.432 e. The van der Waals surface area contributed by atoms with Gasteiger partial charge in [0.2, 0.25) is 11.4 Å². The summed E-state index contributed by atoms with van der Waals surface area (Å²) in [6.45, 7) is 14.2. The molecular weight excluding hydrogens is 959 g/mol. The molecule has 6 aliphatic heterocycles. The maximum Gasteiger partial charge on any atom is 0.229 e. The van der Waals surface area contributed by atoms with Crippen LogP contribution in [0.4, 0.5) is 11.6 Å². The molecule has 6 aliphatic rings. The second-order valence-electron chi connectivity index (χ2n) is 22.0. The van der Waals surface area contributed by atoms with Crippen LogP contribution in [0, 0.1) is 5.41 Å². The fraction of sp³-hybridized carbons (Fsp3) is 0.414. The molecule has 10 aromatic rings. The number of H-pyrrole nitrogens is 2. The summed E-state index contributed by atoms with van der Waals surface area (Å²) in [7, 11) is 2.25. The number of rotatable bonds is 8. The van der Waals surface area contributed by atoms with Crippen molar-refractivity contribution in [1.82, 2.24) is 54.6 Å². The molecule has 8 aromatic heterocycles. The van der Waals surface area contributed by atoms with Crippen LogP contribution in [-0.4, -0.2) is 166 Å². The van der Waals surface area contributed by atoms with E-state index in [4.69, 9.17) is 52.9 Å². The fourth-order valence-electron chi connectivity index (χ4n) is 13.1. The maximum absolute atomic E-state index is 6.37. The van der Waals surface area contributed by atoms with E-state index >= 15 is 0 Å². The molecule has 2 aromatic carbocycles. The summed E-state index contributed by atoms with van der Waals surface area (Å²) in [6.07, 6.45) is 13.5. The minimum atomic E-state index is 0.368. The molecule has 0 saturated carbocycles. The molecule has 1 spiro atoms. The Morgan fingerprint density at radius 1 is 0.579 bits per heavy atom. The average molecular weight is 1020 g/mol. The molecule has 76 heavy (non-hydrogen) atoms. The van der Waals surface area contributed by atoms with E-state index in [1.165, 1.54) is 44.3 Å². The van der Waals surface area contributed by atoms with E-state index in [1.807, 2.05) is 36.9 Å². The van der Waals surface area contributed by atoms with Gasteiger partial charge in [0, 0.05) is 123 Å². The van der Waals surface area contributed by atoms with Crippen molar-refractivity contribution in [2.75, 3.05) is 109 Å². The van der Waals surface area contributed by atoms with Gasteiger partial charge < -0.3 is 47.7 Å². The zero-order valence-electron chi connectivity index (χ0n) is 42.8. The SMILES string of the molecule is CN1CCC2(CCN(Cc3cnc4oc5c(N6CCOCC6)nc(-c6cccc7[nH]ccc67)nc5c4c3)C2)C1.c1cc(-c2nc(N3CCOCC3)c3oc4ncc(CN5C[C@H]6CC[C@@H](C5)O6)cc4c3n2)c2cc[nH]c2c1. The molecule has 2 N–H and O–H groups in total. The van der Waals surface area contributed by atoms with Crippen LogP contribution < -0.4 is 9.80 Å². The van der Waals surface area contributed by atoms with Gasteiger partial charge in [-0.2, -0.15) is 0 Å². The lowest BCUT2D eigenvalue weighted by Crippen LogP contribution is -2.41. The molecule has 0 amide bonds. The predicted molar refractivity (Wildman–Crippen MR) is 292 cm³/mol. The van der Waals surface area contributed by atoms with E-state index in [0.29, 0.717) is 78.3 Å². The van der Waals surface area contributed by atoms with Crippen LogP contribution in [0.1, 0.15) is 36.8 Å². The maximum atomic E-state index is 6.37. The minimum Gasteiger partial charge on any atom is -0.432 e. The number of nitrogens with zero attached hydrogens (tertiary/aromatic N) is 11. The average Bonchev–Trinajstić information content (AvgIpc) is 4.43. The zero-order chi connectivity index (χ0) is 50.3. The van der Waals surface area contributed by atoms with Crippen molar-refractivity contribution < 1.29 is 23.0 Å². The summed E-state index contributed by atoms with van der Waals surface area (Å²) in [4.78, 5) is 48.5. The third-order valence-corrected chi connectivity index (χ3v) is 16.8. The molecule has 6 saturated heterocycles. The summed E-state index contributed by atoms with van der Waals surface area (Å²) in [5.74, 6) is 3.02. The first-order chi connectivity index (χ1) is 37.4. The number of anilines is 2. The number of nitrogens with one attached hydrogen (secondary N) is 2. The van der Waals surface area contributed by atoms with Gasteiger partial charge in [-0.1, -0.05) is 24.3 Å². The van der Waals surface area contributed by atoms with Crippen molar-refractivity contribution in [3.8, 4) is 22.8 Å². The van der Waals surface area contributed by atoms with Crippen molar-refractivity contribution in [3.05, 3.63) is 96.6 Å². The number of benzene rings is 2. The number of furan rings is 2. The monoisotopic (exact) mass is 1020 g/mol. The van der Waals surface area contributed by atoms with Crippen LogP contribution in [0.3, 0.4) is 0 Å². The Balaban J connectivity index is 0.000000133. The summed E-state index contributed by atoms with van der Waals surface area (Å²) >= 11 is 0. The molecule has 16 rings (SSSR count). The molecule has 0 radical (unpaired) electrons. The van der Waals surface area contributed by atoms with Crippen LogP contribution in [-0.2, 0) is 27.3 Å². The molecular formula is C58H61N13O5. The fourth-order valence-corrected chi connectivity index (χ4v) is 13.1. The second kappa shape index (κ2) is 18.9. The molecule has 14 heterocycles. The van der Waals surface area contributed by atoms with Gasteiger partial charge in [0.1, 0.15) is 11.0 Å². The van der Waals surface area contributed by atoms with E-state index in [-0.39, 0.29) is 0 Å². The standard InChI is InChI=1S/C30H33N7O2.C28H28N6O3/c1-35-9-6-30(18-35)7-10-36(19-30)17-20-15-23-25-26(39-29(23)32-16-20)28(37-11-13-38-14-12-37)34-27(33-25)22-3-2-4-24-21(22)5-8-31-24;1-2-21(20-6-7-29-23(20)3-1)26-31-24-22-12-17(14-33-15-18-4-5-19(16-33)36-18)13-30-28(22)37-25(24)27(32-26)34-8-10-35-11-9-34/h2-5,8,15-16,31H,6-7,9-14,17-19H2,1H3;1-3,6-7,12-13,18-19,29H,4-5,8-11,14-16H2/t;18-,19+.